The molecule has 0 saturated carbocycles. The number of hydrogen-bond acceptors (Lipinski definition) is 7. The zero-order chi connectivity index (χ0) is 23.0. The summed E-state index contributed by atoms with van der Waals surface area (Å²) in [7, 11) is -4.74. The van der Waals surface area contributed by atoms with Crippen molar-refractivity contribution in [3.05, 3.63) is 52.2 Å². The molecule has 2 amide bonds. The first-order valence-corrected chi connectivity index (χ1v) is 12.7. The molecule has 0 unspecified atom stereocenters. The molecule has 1 saturated heterocycles. The highest BCUT2D eigenvalue weighted by molar-refractivity contribution is 7.91. The van der Waals surface area contributed by atoms with Crippen LogP contribution in [0, 0.1) is 5.21 Å². The summed E-state index contributed by atoms with van der Waals surface area (Å²) >= 11 is 0. The van der Waals surface area contributed by atoms with Crippen LogP contribution in [0.2, 0.25) is 0 Å². The summed E-state index contributed by atoms with van der Waals surface area (Å²) in [5.41, 5.74) is 5.16. The van der Waals surface area contributed by atoms with Gasteiger partial charge in [-0.3, -0.25) is 4.47 Å². The monoisotopic (exact) mass is 472 g/mol. The fourth-order valence-corrected chi connectivity index (χ4v) is 6.52. The second-order valence-electron chi connectivity index (χ2n) is 8.64. The maximum Gasteiger partial charge on any atom is 0.326 e. The molecule has 1 aliphatic heterocycles. The third kappa shape index (κ3) is 4.04. The molecular weight excluding hydrogens is 446 g/mol. The van der Waals surface area contributed by atoms with E-state index in [1.54, 1.807) is 0 Å². The topological polar surface area (TPSA) is 128 Å². The summed E-state index contributed by atoms with van der Waals surface area (Å²) in [6.45, 7) is 0.718. The summed E-state index contributed by atoms with van der Waals surface area (Å²) in [5, 5.41) is 15.7. The Kier molecular flexibility index (Phi) is 5.94. The van der Waals surface area contributed by atoms with Crippen molar-refractivity contribution in [3.8, 4) is 0 Å². The molecule has 10 nitrogen and oxygen atoms in total. The smallest absolute Gasteiger partial charge is 0.326 e. The Balaban J connectivity index is 1.46. The van der Waals surface area contributed by atoms with Gasteiger partial charge in [0.2, 0.25) is 0 Å². The van der Waals surface area contributed by atoms with Crippen molar-refractivity contribution < 1.29 is 17.9 Å². The van der Waals surface area contributed by atoms with E-state index in [2.05, 4.69) is 21.4 Å². The second-order valence-corrected chi connectivity index (χ2v) is 10.3. The van der Waals surface area contributed by atoms with Crippen LogP contribution in [0.3, 0.4) is 0 Å². The molecule has 3 aliphatic rings. The quantitative estimate of drug-likeness (QED) is 0.663. The van der Waals surface area contributed by atoms with E-state index < -0.39 is 26.8 Å². The molecule has 2 aromatic rings. The number of rotatable bonds is 5. The minimum absolute atomic E-state index is 0.138. The molecule has 0 bridgehead atoms. The minimum atomic E-state index is -4.74. The number of carbonyl (C=O) groups is 1. The molecule has 1 N–H and O–H groups in total. The number of hydrogen-bond donors (Lipinski definition) is 1. The van der Waals surface area contributed by atoms with Gasteiger partial charge in [-0.2, -0.15) is 8.42 Å². The largest absolute Gasteiger partial charge is 0.740 e. The van der Waals surface area contributed by atoms with Gasteiger partial charge in [0, 0.05) is 18.9 Å². The number of ether oxygens (including phenoxy) is 1. The predicted molar refractivity (Wildman–Crippen MR) is 122 cm³/mol. The molecule has 2 heterocycles. The molecule has 0 radical (unpaired) electrons. The van der Waals surface area contributed by atoms with E-state index in [0.29, 0.717) is 31.7 Å². The van der Waals surface area contributed by atoms with E-state index in [-0.39, 0.29) is 5.69 Å². The van der Waals surface area contributed by atoms with Crippen LogP contribution < -0.4 is 9.62 Å². The van der Waals surface area contributed by atoms with Gasteiger partial charge >= 0.3 is 16.2 Å². The molecule has 33 heavy (non-hydrogen) atoms. The molecule has 1 aromatic heterocycles. The van der Waals surface area contributed by atoms with E-state index in [4.69, 9.17) is 4.74 Å². The summed E-state index contributed by atoms with van der Waals surface area (Å²) in [6.07, 6.45) is 10.1. The normalized spacial score (nSPS) is 18.0. The first-order valence-electron chi connectivity index (χ1n) is 11.3. The molecule has 1 fully saturated rings. The van der Waals surface area contributed by atoms with Crippen molar-refractivity contribution in [2.75, 3.05) is 22.8 Å². The number of anilines is 2. The Morgan fingerprint density at radius 3 is 2.24 bits per heavy atom. The van der Waals surface area contributed by atoms with Crippen molar-refractivity contribution >= 4 is 27.6 Å². The van der Waals surface area contributed by atoms with Gasteiger partial charge in [-0.1, -0.05) is 6.07 Å². The maximum atomic E-state index is 13.4. The van der Waals surface area contributed by atoms with Gasteiger partial charge in [-0.15, -0.1) is 0 Å². The first-order chi connectivity index (χ1) is 16.0. The average Bonchev–Trinajstić information content (AvgIpc) is 3.49. The lowest BCUT2D eigenvalue weighted by molar-refractivity contribution is 0.0874. The summed E-state index contributed by atoms with van der Waals surface area (Å²) < 4.78 is 32.7. The van der Waals surface area contributed by atoms with Crippen LogP contribution in [-0.4, -0.2) is 48.1 Å². The van der Waals surface area contributed by atoms with Crippen molar-refractivity contribution in [2.24, 2.45) is 0 Å². The van der Waals surface area contributed by atoms with Crippen LogP contribution >= 0.6 is 0 Å². The lowest BCUT2D eigenvalue weighted by Crippen LogP contribution is -2.51. The van der Waals surface area contributed by atoms with Crippen molar-refractivity contribution in [1.29, 1.82) is 0 Å². The SMILES string of the molecule is O=C(Nc1c2c(cc3c1CCC3)CCC2)N([O-])S(=O)(=O)N(c1cncnc1)C1CCOCC1. The second kappa shape index (κ2) is 8.88. The Bertz CT molecular complexity index is 1120. The van der Waals surface area contributed by atoms with Gasteiger partial charge in [-0.05, 0) is 73.6 Å². The Labute approximate surface area is 192 Å². The summed E-state index contributed by atoms with van der Waals surface area (Å²) in [6, 6.07) is 0.455. The van der Waals surface area contributed by atoms with Crippen molar-refractivity contribution in [1.82, 2.24) is 14.4 Å². The maximum absolute atomic E-state index is 13.4. The number of nitrogens with one attached hydrogen (secondary N) is 1. The molecule has 5 rings (SSSR count). The van der Waals surface area contributed by atoms with Gasteiger partial charge in [0.15, 0.2) is 0 Å². The Morgan fingerprint density at radius 2 is 1.64 bits per heavy atom. The van der Waals surface area contributed by atoms with E-state index in [1.165, 1.54) is 29.8 Å². The van der Waals surface area contributed by atoms with Gasteiger partial charge in [0.25, 0.3) is 0 Å². The number of hydroxylamine groups is 1. The zero-order valence-electron chi connectivity index (χ0n) is 18.2. The van der Waals surface area contributed by atoms with Gasteiger partial charge in [-0.25, -0.2) is 19.1 Å². The van der Waals surface area contributed by atoms with Gasteiger partial charge in [0.1, 0.15) is 6.33 Å². The molecule has 2 aliphatic carbocycles. The third-order valence-electron chi connectivity index (χ3n) is 6.65. The van der Waals surface area contributed by atoms with E-state index in [0.717, 1.165) is 54.0 Å². The zero-order valence-corrected chi connectivity index (χ0v) is 19.0. The lowest BCUT2D eigenvalue weighted by atomic mass is 9.99. The first kappa shape index (κ1) is 22.1. The fraction of sp³-hybridized carbons (Fsp3) is 0.500. The molecule has 1 aromatic carbocycles. The molecule has 11 heteroatoms. The highest BCUT2D eigenvalue weighted by atomic mass is 32.2. The molecular formula is C22H26N5O5S-. The average molecular weight is 473 g/mol. The standard InChI is InChI=1S/C22H26N5O5S/c28-22(25-21-19-5-1-3-15(19)11-16-4-2-6-20(16)21)27(29)33(30,31)26(17-7-9-32-10-8-17)18-12-23-14-24-13-18/h11-14,17H,1-10H2,(H,25,28)/q-1. The Hall–Kier alpha value is -2.76. The van der Waals surface area contributed by atoms with Crippen molar-refractivity contribution in [3.63, 3.8) is 0 Å². The fourth-order valence-electron chi connectivity index (χ4n) is 5.16. The molecule has 0 spiro atoms. The number of amides is 2. The van der Waals surface area contributed by atoms with Crippen LogP contribution in [0.15, 0.2) is 24.8 Å². The molecule has 0 atom stereocenters. The van der Waals surface area contributed by atoms with E-state index in [1.807, 2.05) is 0 Å². The number of nitrogens with zero attached hydrogens (tertiary/aromatic N) is 4. The van der Waals surface area contributed by atoms with Gasteiger partial charge in [0.05, 0.1) is 24.1 Å². The molecule has 176 valence electrons. The van der Waals surface area contributed by atoms with Crippen LogP contribution in [0.4, 0.5) is 16.2 Å². The lowest BCUT2D eigenvalue weighted by Gasteiger charge is -2.39. The minimum Gasteiger partial charge on any atom is -0.740 e. The number of aryl methyl sites for hydroxylation is 2. The van der Waals surface area contributed by atoms with Crippen molar-refractivity contribution in [2.45, 2.75) is 57.4 Å². The highest BCUT2D eigenvalue weighted by Gasteiger charge is 2.36. The third-order valence-corrected chi connectivity index (χ3v) is 8.24. The number of urea groups is 1. The predicted octanol–water partition coefficient (Wildman–Crippen LogP) is 2.72. The highest BCUT2D eigenvalue weighted by Crippen LogP contribution is 2.39. The van der Waals surface area contributed by atoms with E-state index in [9.17, 15) is 18.4 Å². The number of benzene rings is 1. The Morgan fingerprint density at radius 1 is 1.03 bits per heavy atom. The van der Waals surface area contributed by atoms with E-state index >= 15 is 0 Å². The summed E-state index contributed by atoms with van der Waals surface area (Å²) in [5.74, 6) is 0. The van der Waals surface area contributed by atoms with Crippen LogP contribution in [0.5, 0.6) is 0 Å². The summed E-state index contributed by atoms with van der Waals surface area (Å²) in [4.78, 5) is 20.8. The van der Waals surface area contributed by atoms with Crippen LogP contribution in [0.25, 0.3) is 0 Å². The number of carbonyl (C=O) groups excluding carboxylic acids is 1. The number of fused-ring (bicyclic) bond motifs is 2. The van der Waals surface area contributed by atoms with Gasteiger partial charge < -0.3 is 15.3 Å². The van der Waals surface area contributed by atoms with Crippen LogP contribution in [-0.2, 0) is 40.6 Å². The number of aromatic nitrogens is 2. The van der Waals surface area contributed by atoms with Crippen LogP contribution in [0.1, 0.15) is 47.9 Å².